The van der Waals surface area contributed by atoms with Gasteiger partial charge in [-0.05, 0) is 161 Å². The smallest absolute Gasteiger partial charge is 0.462 e. The minimum absolute atomic E-state index is 0.0300. The van der Waals surface area contributed by atoms with Gasteiger partial charge in [0.15, 0.2) is 12.2 Å². The molecule has 3 N–H and O–H groups in total. The highest BCUT2D eigenvalue weighted by atomic mass is 31.2. The first-order chi connectivity index (χ1) is 48.7. The van der Waals surface area contributed by atoms with E-state index in [4.69, 9.17) is 37.0 Å². The van der Waals surface area contributed by atoms with Crippen molar-refractivity contribution in [2.24, 2.45) is 0 Å². The molecule has 0 amide bonds. The predicted molar refractivity (Wildman–Crippen MR) is 408 cm³/mol. The minimum atomic E-state index is -5.00. The zero-order valence-corrected chi connectivity index (χ0v) is 63.9. The van der Waals surface area contributed by atoms with Gasteiger partial charge in [-0.3, -0.25) is 37.3 Å². The first-order valence-electron chi connectivity index (χ1n) is 38.1. The highest BCUT2D eigenvalue weighted by Gasteiger charge is 2.30. The van der Waals surface area contributed by atoms with E-state index in [0.29, 0.717) is 32.1 Å². The molecule has 0 saturated heterocycles. The van der Waals surface area contributed by atoms with Crippen molar-refractivity contribution in [1.29, 1.82) is 0 Å². The van der Waals surface area contributed by atoms with Crippen molar-refractivity contribution in [2.75, 3.05) is 39.6 Å². The summed E-state index contributed by atoms with van der Waals surface area (Å²) < 4.78 is 68.4. The molecule has 100 heavy (non-hydrogen) atoms. The van der Waals surface area contributed by atoms with Gasteiger partial charge in [0.2, 0.25) is 0 Å². The Morgan fingerprint density at radius 1 is 0.290 bits per heavy atom. The molecule has 0 radical (unpaired) electrons. The van der Waals surface area contributed by atoms with Crippen LogP contribution in [0.1, 0.15) is 285 Å². The second-order valence-corrected chi connectivity index (χ2v) is 27.7. The molecule has 5 atom stereocenters. The summed E-state index contributed by atoms with van der Waals surface area (Å²) in [5, 5.41) is 10.6. The topological polar surface area (TPSA) is 237 Å². The number of hydrogen-bond donors (Lipinski definition) is 3. The molecule has 0 saturated carbocycles. The number of aliphatic hydroxyl groups excluding tert-OH is 1. The van der Waals surface area contributed by atoms with E-state index in [0.717, 1.165) is 173 Å². The van der Waals surface area contributed by atoms with E-state index in [1.807, 2.05) is 0 Å². The van der Waals surface area contributed by atoms with Gasteiger partial charge in [-0.2, -0.15) is 0 Å². The summed E-state index contributed by atoms with van der Waals surface area (Å²) in [4.78, 5) is 72.8. The summed E-state index contributed by atoms with van der Waals surface area (Å²) in [5.74, 6) is -2.29. The summed E-state index contributed by atoms with van der Waals surface area (Å²) in [5.41, 5.74) is 0. The average Bonchev–Trinajstić information content (AvgIpc) is 0.946. The molecule has 0 heterocycles. The van der Waals surface area contributed by atoms with E-state index in [1.165, 1.54) is 25.7 Å². The van der Waals surface area contributed by atoms with Crippen LogP contribution in [0.2, 0.25) is 0 Å². The molecule has 19 heteroatoms. The van der Waals surface area contributed by atoms with E-state index in [9.17, 15) is 43.2 Å². The maximum atomic E-state index is 13.1. The summed E-state index contributed by atoms with van der Waals surface area (Å²) in [6.45, 7) is 4.43. The molecule has 0 aliphatic heterocycles. The Labute approximate surface area is 605 Å². The monoisotopic (exact) mass is 1440 g/mol. The van der Waals surface area contributed by atoms with Crippen molar-refractivity contribution in [3.05, 3.63) is 146 Å². The lowest BCUT2D eigenvalue weighted by molar-refractivity contribution is -0.161. The van der Waals surface area contributed by atoms with Gasteiger partial charge in [0.05, 0.1) is 26.4 Å². The highest BCUT2D eigenvalue weighted by molar-refractivity contribution is 7.47. The number of unbranched alkanes of at least 4 members (excludes halogenated alkanes) is 20. The molecule has 0 aliphatic carbocycles. The van der Waals surface area contributed by atoms with Crippen LogP contribution in [0.15, 0.2) is 146 Å². The van der Waals surface area contributed by atoms with Gasteiger partial charge < -0.3 is 33.8 Å². The maximum absolute atomic E-state index is 13.1. The van der Waals surface area contributed by atoms with E-state index in [2.05, 4.69) is 174 Å². The quantitative estimate of drug-likeness (QED) is 0.0169. The van der Waals surface area contributed by atoms with E-state index in [-0.39, 0.29) is 25.7 Å². The number of carbonyl (C=O) groups excluding carboxylic acids is 4. The number of carbonyl (C=O) groups is 4. The van der Waals surface area contributed by atoms with Gasteiger partial charge in [0.1, 0.15) is 19.3 Å². The summed E-state index contributed by atoms with van der Waals surface area (Å²) >= 11 is 0. The van der Waals surface area contributed by atoms with Crippen molar-refractivity contribution in [1.82, 2.24) is 0 Å². The van der Waals surface area contributed by atoms with Gasteiger partial charge >= 0.3 is 39.5 Å². The fourth-order valence-corrected chi connectivity index (χ4v) is 11.1. The zero-order valence-electron chi connectivity index (χ0n) is 62.1. The van der Waals surface area contributed by atoms with Crippen LogP contribution in [-0.4, -0.2) is 96.7 Å². The second kappa shape index (κ2) is 72.3. The van der Waals surface area contributed by atoms with Crippen LogP contribution in [0.5, 0.6) is 0 Å². The molecule has 0 aromatic rings. The number of rotatable bonds is 70. The molecule has 0 aromatic carbocycles. The number of ether oxygens (including phenoxy) is 4. The molecule has 0 aromatic heterocycles. The number of aliphatic hydroxyl groups is 1. The molecule has 5 unspecified atom stereocenters. The lowest BCUT2D eigenvalue weighted by Gasteiger charge is -2.21. The Morgan fingerprint density at radius 2 is 0.540 bits per heavy atom. The third-order valence-electron chi connectivity index (χ3n) is 15.2. The van der Waals surface area contributed by atoms with Gasteiger partial charge in [0.25, 0.3) is 0 Å². The summed E-state index contributed by atoms with van der Waals surface area (Å²) in [6, 6.07) is 0. The van der Waals surface area contributed by atoms with E-state index >= 15 is 0 Å². The minimum Gasteiger partial charge on any atom is -0.462 e. The number of allylic oxidation sites excluding steroid dienone is 24. The van der Waals surface area contributed by atoms with Crippen LogP contribution in [0.3, 0.4) is 0 Å². The van der Waals surface area contributed by atoms with Crippen LogP contribution in [0.4, 0.5) is 0 Å². The third-order valence-corrected chi connectivity index (χ3v) is 17.2. The molecule has 0 aliphatic rings. The van der Waals surface area contributed by atoms with Gasteiger partial charge in [-0.15, -0.1) is 0 Å². The van der Waals surface area contributed by atoms with Crippen molar-refractivity contribution in [3.63, 3.8) is 0 Å². The highest BCUT2D eigenvalue weighted by Crippen LogP contribution is 2.45. The molecule has 17 nitrogen and oxygen atoms in total. The largest absolute Gasteiger partial charge is 0.472 e. The number of esters is 4. The lowest BCUT2D eigenvalue weighted by Crippen LogP contribution is -2.30. The SMILES string of the molecule is CC/C=C\C/C=C\C/C=C\C/C=C\C/C=C\CCCCCC(=O)OCC(COP(=O)(O)OCC(O)COP(=O)(O)OCC(COC(=O)CCCCCCC/C=C\C/C=C\CCC)OC(=O)CCCCCCC/C=C\CCCCCC)OC(=O)CCCC/C=C\C/C=C\C/C=C\C/C=C\CC. The predicted octanol–water partition coefficient (Wildman–Crippen LogP) is 21.9. The van der Waals surface area contributed by atoms with Crippen LogP contribution >= 0.6 is 15.6 Å². The van der Waals surface area contributed by atoms with Gasteiger partial charge in [-0.25, -0.2) is 9.13 Å². The first kappa shape index (κ1) is 94.9. The number of phosphoric acid groups is 2. The van der Waals surface area contributed by atoms with E-state index in [1.54, 1.807) is 0 Å². The Morgan fingerprint density at radius 3 is 0.880 bits per heavy atom. The molecule has 0 spiro atoms. The zero-order chi connectivity index (χ0) is 73.2. The maximum Gasteiger partial charge on any atom is 0.472 e. The average molecular weight is 1440 g/mol. The first-order valence-corrected chi connectivity index (χ1v) is 41.1. The third kappa shape index (κ3) is 71.3. The van der Waals surface area contributed by atoms with E-state index < -0.39 is 97.5 Å². The Kier molecular flexibility index (Phi) is 68.6. The Bertz CT molecular complexity index is 2470. The molecular formula is C81H134O17P2. The molecular weight excluding hydrogens is 1310 g/mol. The van der Waals surface area contributed by atoms with Crippen molar-refractivity contribution < 1.29 is 80.2 Å². The van der Waals surface area contributed by atoms with Crippen LogP contribution in [0.25, 0.3) is 0 Å². The van der Waals surface area contributed by atoms with Crippen molar-refractivity contribution >= 4 is 39.5 Å². The summed E-state index contributed by atoms with van der Waals surface area (Å²) in [6.07, 6.45) is 81.3. The van der Waals surface area contributed by atoms with Gasteiger partial charge in [0, 0.05) is 25.7 Å². The Hall–Kier alpha value is -5.06. The number of phosphoric ester groups is 2. The number of hydrogen-bond acceptors (Lipinski definition) is 15. The van der Waals surface area contributed by atoms with Crippen molar-refractivity contribution in [2.45, 2.75) is 303 Å². The second-order valence-electron chi connectivity index (χ2n) is 24.8. The molecule has 0 bridgehead atoms. The van der Waals surface area contributed by atoms with Crippen molar-refractivity contribution in [3.8, 4) is 0 Å². The molecule has 0 rings (SSSR count). The molecule has 570 valence electrons. The summed E-state index contributed by atoms with van der Waals surface area (Å²) in [7, 11) is -9.99. The Balaban J connectivity index is 5.43. The molecule has 0 fully saturated rings. The normalized spacial score (nSPS) is 14.8. The van der Waals surface area contributed by atoms with Crippen LogP contribution in [-0.2, 0) is 65.4 Å². The fraction of sp³-hybridized carbons (Fsp3) is 0.654. The van der Waals surface area contributed by atoms with Crippen LogP contribution < -0.4 is 0 Å². The van der Waals surface area contributed by atoms with Gasteiger partial charge in [-0.1, -0.05) is 244 Å². The fourth-order valence-electron chi connectivity index (χ4n) is 9.50. The standard InChI is InChI=1S/C81H134O17P2/c1-5-9-13-17-21-25-29-33-35-36-37-38-40-43-46-50-54-58-62-66-79(84)92-72-77(98-81(86)68-64-60-56-52-48-44-39-34-30-26-22-18-14-10-6-2)74-96-100(89,90)94-70-75(82)69-93-99(87,88)95-73-76(97-80(85)67-63-59-55-51-47-42-32-28-24-20-16-12-8-4)71-91-78(83)65-61-57-53-49-45-41-31-27-23-19-15-11-7-3/h9-10,13-15,19,21-22,25-28,31-35,37-39,43,46,48,52,75-77,82H,5-8,11-12,16-18,20,23-24,29-30,36,40-42,44-45,47,49-51,53-74H2,1-4H3,(H,87,88)(H,89,90)/b13-9-,14-10-,19-15-,25-21-,26-22-,31-27-,32-28-,35-33-,38-37-,39-34-,46-43-,52-48-. The van der Waals surface area contributed by atoms with Crippen LogP contribution in [0, 0.1) is 0 Å². The lowest BCUT2D eigenvalue weighted by atomic mass is 10.1.